The Labute approximate surface area is 173 Å². The van der Waals surface area contributed by atoms with E-state index >= 15 is 0 Å². The number of rotatable bonds is 8. The number of aryl methyl sites for hydroxylation is 1. The zero-order valence-corrected chi connectivity index (χ0v) is 16.5. The number of H-pyrrole nitrogens is 2. The van der Waals surface area contributed by atoms with E-state index in [4.69, 9.17) is 5.11 Å². The third kappa shape index (κ3) is 3.95. The molecule has 2 heterocycles. The first-order valence-electron chi connectivity index (χ1n) is 10.1. The van der Waals surface area contributed by atoms with Crippen molar-refractivity contribution in [2.75, 3.05) is 6.61 Å². The van der Waals surface area contributed by atoms with Crippen LogP contribution in [0.25, 0.3) is 22.2 Å². The Bertz CT molecular complexity index is 1210. The zero-order chi connectivity index (χ0) is 20.9. The maximum atomic E-state index is 13.3. The first-order chi connectivity index (χ1) is 14.7. The van der Waals surface area contributed by atoms with E-state index < -0.39 is 0 Å². The number of fused-ring (bicyclic) bond motifs is 1. The zero-order valence-electron chi connectivity index (χ0n) is 16.5. The summed E-state index contributed by atoms with van der Waals surface area (Å²) in [6, 6.07) is 18.4. The molecule has 152 valence electrons. The fraction of sp³-hybridized carbons (Fsp3) is 0.208. The molecule has 0 radical (unpaired) electrons. The number of nitrogens with one attached hydrogen (secondary N) is 2. The highest BCUT2D eigenvalue weighted by Gasteiger charge is 2.23. The molecule has 3 N–H and O–H groups in total. The van der Waals surface area contributed by atoms with Crippen molar-refractivity contribution in [3.05, 3.63) is 88.1 Å². The predicted octanol–water partition coefficient (Wildman–Crippen LogP) is 3.85. The lowest BCUT2D eigenvalue weighted by molar-refractivity contribution is 0.103. The van der Waals surface area contributed by atoms with E-state index in [1.807, 2.05) is 48.5 Å². The minimum atomic E-state index is -0.264. The normalized spacial score (nSPS) is 11.1. The van der Waals surface area contributed by atoms with Gasteiger partial charge in [0.1, 0.15) is 11.5 Å². The lowest BCUT2D eigenvalue weighted by Gasteiger charge is -2.05. The van der Waals surface area contributed by atoms with Gasteiger partial charge in [-0.15, -0.1) is 0 Å². The molecule has 4 rings (SSSR count). The third-order valence-electron chi connectivity index (χ3n) is 5.11. The monoisotopic (exact) mass is 401 g/mol. The minimum Gasteiger partial charge on any atom is -0.396 e. The molecule has 6 nitrogen and oxygen atoms in total. The molecule has 0 spiro atoms. The van der Waals surface area contributed by atoms with Crippen molar-refractivity contribution in [3.63, 3.8) is 0 Å². The number of carbonyl (C=O) groups is 1. The summed E-state index contributed by atoms with van der Waals surface area (Å²) in [5, 5.41) is 9.31. The molecule has 0 aliphatic rings. The van der Waals surface area contributed by atoms with Gasteiger partial charge in [0.2, 0.25) is 5.78 Å². The van der Waals surface area contributed by atoms with Crippen molar-refractivity contribution in [1.82, 2.24) is 15.0 Å². The van der Waals surface area contributed by atoms with Gasteiger partial charge in [-0.05, 0) is 18.4 Å². The van der Waals surface area contributed by atoms with Crippen LogP contribution in [0.3, 0.4) is 0 Å². The maximum absolute atomic E-state index is 13.3. The van der Waals surface area contributed by atoms with Crippen LogP contribution in [0, 0.1) is 0 Å². The van der Waals surface area contributed by atoms with E-state index in [0.717, 1.165) is 24.8 Å². The minimum absolute atomic E-state index is 0.158. The number of nitrogens with zero attached hydrogens (tertiary/aromatic N) is 1. The molecule has 2 aromatic carbocycles. The lowest BCUT2D eigenvalue weighted by atomic mass is 9.98. The largest absolute Gasteiger partial charge is 0.396 e. The second-order valence-electron chi connectivity index (χ2n) is 7.21. The molecule has 0 amide bonds. The van der Waals surface area contributed by atoms with E-state index in [-0.39, 0.29) is 17.9 Å². The van der Waals surface area contributed by atoms with Crippen molar-refractivity contribution in [2.45, 2.75) is 25.7 Å². The molecule has 0 bridgehead atoms. The summed E-state index contributed by atoms with van der Waals surface area (Å²) >= 11 is 0. The summed E-state index contributed by atoms with van der Waals surface area (Å²) in [7, 11) is 0. The molecular weight excluding hydrogens is 378 g/mol. The van der Waals surface area contributed by atoms with Crippen LogP contribution in [0.2, 0.25) is 0 Å². The summed E-state index contributed by atoms with van der Waals surface area (Å²) < 4.78 is 0. The first-order valence-corrected chi connectivity index (χ1v) is 10.1. The number of hydrogen-bond donors (Lipinski definition) is 3. The van der Waals surface area contributed by atoms with Crippen LogP contribution in [0.5, 0.6) is 0 Å². The van der Waals surface area contributed by atoms with Crippen LogP contribution in [-0.4, -0.2) is 32.4 Å². The van der Waals surface area contributed by atoms with Gasteiger partial charge in [-0.2, -0.15) is 0 Å². The second kappa shape index (κ2) is 8.88. The fourth-order valence-electron chi connectivity index (χ4n) is 3.65. The predicted molar refractivity (Wildman–Crippen MR) is 117 cm³/mol. The van der Waals surface area contributed by atoms with Crippen LogP contribution in [-0.2, 0) is 6.42 Å². The molecular formula is C24H23N3O3. The van der Waals surface area contributed by atoms with Crippen molar-refractivity contribution < 1.29 is 9.90 Å². The molecule has 2 aromatic heterocycles. The van der Waals surface area contributed by atoms with Crippen LogP contribution in [0.1, 0.15) is 41.1 Å². The van der Waals surface area contributed by atoms with E-state index in [1.165, 1.54) is 0 Å². The molecule has 0 aliphatic carbocycles. The van der Waals surface area contributed by atoms with Gasteiger partial charge in [0.05, 0.1) is 11.1 Å². The van der Waals surface area contributed by atoms with Crippen LogP contribution in [0.4, 0.5) is 0 Å². The van der Waals surface area contributed by atoms with Gasteiger partial charge < -0.3 is 15.1 Å². The van der Waals surface area contributed by atoms with Crippen molar-refractivity contribution in [1.29, 1.82) is 0 Å². The first kappa shape index (κ1) is 19.8. The highest BCUT2D eigenvalue weighted by Crippen LogP contribution is 2.31. The van der Waals surface area contributed by atoms with Gasteiger partial charge >= 0.3 is 0 Å². The average Bonchev–Trinajstić information content (AvgIpc) is 3.17. The molecule has 0 atom stereocenters. The Morgan fingerprint density at radius 1 is 0.900 bits per heavy atom. The maximum Gasteiger partial charge on any atom is 0.261 e. The number of aromatic nitrogens is 3. The molecule has 0 saturated heterocycles. The van der Waals surface area contributed by atoms with Crippen LogP contribution < -0.4 is 5.56 Å². The number of hydrogen-bond acceptors (Lipinski definition) is 4. The molecule has 30 heavy (non-hydrogen) atoms. The number of aliphatic hydroxyl groups is 1. The smallest absolute Gasteiger partial charge is 0.261 e. The van der Waals surface area contributed by atoms with Crippen LogP contribution >= 0.6 is 0 Å². The molecule has 0 unspecified atom stereocenters. The molecule has 0 fully saturated rings. The quantitative estimate of drug-likeness (QED) is 0.308. The van der Waals surface area contributed by atoms with E-state index in [1.54, 1.807) is 12.1 Å². The van der Waals surface area contributed by atoms with Crippen molar-refractivity contribution >= 4 is 16.8 Å². The number of benzene rings is 2. The molecule has 4 aromatic rings. The SMILES string of the molecule is O=C(c1ccccc1)c1[nH]c2nc(CCCCCO)[nH]c(=O)c2c1-c1ccccc1. The summed E-state index contributed by atoms with van der Waals surface area (Å²) in [6.45, 7) is 0.158. The summed E-state index contributed by atoms with van der Waals surface area (Å²) in [6.07, 6.45) is 3.00. The number of ketones is 1. The van der Waals surface area contributed by atoms with E-state index in [0.29, 0.717) is 40.1 Å². The Kier molecular flexibility index (Phi) is 5.86. The van der Waals surface area contributed by atoms with E-state index in [2.05, 4.69) is 15.0 Å². The highest BCUT2D eigenvalue weighted by molar-refractivity contribution is 6.16. The van der Waals surface area contributed by atoms with Gasteiger partial charge in [0.25, 0.3) is 5.56 Å². The van der Waals surface area contributed by atoms with E-state index in [9.17, 15) is 9.59 Å². The molecule has 6 heteroatoms. The number of aromatic amines is 2. The van der Waals surface area contributed by atoms with Gasteiger partial charge in [-0.1, -0.05) is 67.1 Å². The van der Waals surface area contributed by atoms with Gasteiger partial charge in [-0.3, -0.25) is 9.59 Å². The molecule has 0 saturated carbocycles. The summed E-state index contributed by atoms with van der Waals surface area (Å²) in [4.78, 5) is 36.8. The Hall–Kier alpha value is -3.51. The number of unbranched alkanes of at least 4 members (excludes halogenated alkanes) is 2. The van der Waals surface area contributed by atoms with Gasteiger partial charge in [0.15, 0.2) is 0 Å². The van der Waals surface area contributed by atoms with Gasteiger partial charge in [0, 0.05) is 24.2 Å². The van der Waals surface area contributed by atoms with Gasteiger partial charge in [-0.25, -0.2) is 4.98 Å². The Morgan fingerprint density at radius 3 is 2.30 bits per heavy atom. The summed E-state index contributed by atoms with van der Waals surface area (Å²) in [5.74, 6) is 0.390. The lowest BCUT2D eigenvalue weighted by Crippen LogP contribution is -2.12. The summed E-state index contributed by atoms with van der Waals surface area (Å²) in [5.41, 5.74) is 2.40. The standard InChI is InChI=1S/C24H23N3O3/c28-15-9-3-8-14-18-25-23-20(24(30)26-18)19(16-10-4-1-5-11-16)21(27-23)22(29)17-12-6-2-7-13-17/h1-2,4-7,10-13,28H,3,8-9,14-15H2,(H2,25,26,27,30). The highest BCUT2D eigenvalue weighted by atomic mass is 16.3. The topological polar surface area (TPSA) is 98.8 Å². The van der Waals surface area contributed by atoms with Crippen molar-refractivity contribution in [3.8, 4) is 11.1 Å². The second-order valence-corrected chi connectivity index (χ2v) is 7.21. The average molecular weight is 401 g/mol. The van der Waals surface area contributed by atoms with Crippen molar-refractivity contribution in [2.24, 2.45) is 0 Å². The third-order valence-corrected chi connectivity index (χ3v) is 5.11. The Morgan fingerprint density at radius 2 is 1.60 bits per heavy atom. The fourth-order valence-corrected chi connectivity index (χ4v) is 3.65. The number of carbonyl (C=O) groups excluding carboxylic acids is 1. The number of aliphatic hydroxyl groups excluding tert-OH is 1. The van der Waals surface area contributed by atoms with Crippen LogP contribution in [0.15, 0.2) is 65.5 Å². The molecule has 0 aliphatic heterocycles. The Balaban J connectivity index is 1.84.